The summed E-state index contributed by atoms with van der Waals surface area (Å²) in [6.07, 6.45) is 5.57. The predicted molar refractivity (Wildman–Crippen MR) is 108 cm³/mol. The van der Waals surface area contributed by atoms with Crippen molar-refractivity contribution in [2.75, 3.05) is 29.1 Å². The van der Waals surface area contributed by atoms with Gasteiger partial charge in [-0.15, -0.1) is 0 Å². The number of amides is 1. The van der Waals surface area contributed by atoms with Crippen molar-refractivity contribution in [1.29, 1.82) is 5.41 Å². The molecule has 0 aliphatic carbocycles. The summed E-state index contributed by atoms with van der Waals surface area (Å²) < 4.78 is 0. The number of unbranched alkanes of at least 4 members (excludes halogenated alkanes) is 1. The topological polar surface area (TPSA) is 167 Å². The molecule has 0 spiro atoms. The Hall–Kier alpha value is -3.53. The molecule has 0 saturated carbocycles. The lowest BCUT2D eigenvalue weighted by Crippen LogP contribution is -2.16. The van der Waals surface area contributed by atoms with Crippen molar-refractivity contribution in [3.63, 3.8) is 0 Å². The van der Waals surface area contributed by atoms with Gasteiger partial charge in [-0.2, -0.15) is 10.1 Å². The fourth-order valence-electron chi connectivity index (χ4n) is 2.16. The van der Waals surface area contributed by atoms with Crippen molar-refractivity contribution in [3.05, 3.63) is 36.0 Å². The number of hydrogen-bond acceptors (Lipinski definition) is 9. The highest BCUT2D eigenvalue weighted by molar-refractivity contribution is 6.14. The highest BCUT2D eigenvalue weighted by Gasteiger charge is 2.12. The first-order chi connectivity index (χ1) is 13.1. The molecule has 0 atom stereocenters. The summed E-state index contributed by atoms with van der Waals surface area (Å²) in [5, 5.41) is 16.9. The van der Waals surface area contributed by atoms with E-state index in [1.54, 1.807) is 6.07 Å². The fraction of sp³-hybridized carbons (Fsp3) is 0.235. The van der Waals surface area contributed by atoms with E-state index in [2.05, 4.69) is 31.1 Å². The fourth-order valence-corrected chi connectivity index (χ4v) is 2.16. The molecule has 10 heteroatoms. The second kappa shape index (κ2) is 10.5. The summed E-state index contributed by atoms with van der Waals surface area (Å²) in [7, 11) is 0. The van der Waals surface area contributed by atoms with Crippen LogP contribution in [0.15, 0.2) is 35.6 Å². The normalized spacial score (nSPS) is 10.6. The Labute approximate surface area is 157 Å². The molecule has 1 aromatic heterocycles. The van der Waals surface area contributed by atoms with Gasteiger partial charge >= 0.3 is 0 Å². The van der Waals surface area contributed by atoms with Crippen LogP contribution in [-0.2, 0) is 0 Å². The van der Waals surface area contributed by atoms with Gasteiger partial charge in [-0.3, -0.25) is 10.2 Å². The molecule has 1 heterocycles. The standard InChI is InChI=1S/C17H23N9O/c18-6-1-2-8-21-17-22-11-14(15(20)27)16(25-17)24-12-4-3-5-13(10-12)26-23-9-7-19/h3-5,7,9-11,19,26H,1-2,6,8,18H2,(H2,20,27)(H2,21,22,24,25)/b19-7?,23-9-. The number of rotatable bonds is 11. The van der Waals surface area contributed by atoms with Crippen LogP contribution in [0.2, 0.25) is 0 Å². The minimum absolute atomic E-state index is 0.183. The number of aromatic nitrogens is 2. The Kier molecular flexibility index (Phi) is 7.67. The molecule has 142 valence electrons. The summed E-state index contributed by atoms with van der Waals surface area (Å²) >= 11 is 0. The number of benzene rings is 1. The highest BCUT2D eigenvalue weighted by Crippen LogP contribution is 2.22. The highest BCUT2D eigenvalue weighted by atomic mass is 16.1. The van der Waals surface area contributed by atoms with Gasteiger partial charge in [-0.1, -0.05) is 6.07 Å². The zero-order chi connectivity index (χ0) is 19.5. The zero-order valence-corrected chi connectivity index (χ0v) is 14.8. The molecule has 27 heavy (non-hydrogen) atoms. The number of carbonyl (C=O) groups is 1. The molecule has 10 nitrogen and oxygen atoms in total. The average molecular weight is 369 g/mol. The molecular formula is C17H23N9O. The van der Waals surface area contributed by atoms with Crippen LogP contribution in [0.5, 0.6) is 0 Å². The van der Waals surface area contributed by atoms with Gasteiger partial charge in [0.05, 0.1) is 11.9 Å². The quantitative estimate of drug-likeness (QED) is 0.198. The van der Waals surface area contributed by atoms with E-state index >= 15 is 0 Å². The van der Waals surface area contributed by atoms with Gasteiger partial charge in [-0.25, -0.2) is 4.98 Å². The molecule has 0 aliphatic heterocycles. The minimum Gasteiger partial charge on any atom is -0.365 e. The molecule has 0 radical (unpaired) electrons. The largest absolute Gasteiger partial charge is 0.365 e. The Morgan fingerprint density at radius 1 is 1.30 bits per heavy atom. The van der Waals surface area contributed by atoms with E-state index in [9.17, 15) is 4.79 Å². The van der Waals surface area contributed by atoms with Crippen LogP contribution >= 0.6 is 0 Å². The number of carbonyl (C=O) groups excluding carboxylic acids is 1. The molecule has 2 aromatic rings. The Morgan fingerprint density at radius 3 is 2.85 bits per heavy atom. The number of nitrogens with one attached hydrogen (secondary N) is 4. The monoisotopic (exact) mass is 369 g/mol. The van der Waals surface area contributed by atoms with Crippen LogP contribution < -0.4 is 27.5 Å². The van der Waals surface area contributed by atoms with E-state index in [1.807, 2.05) is 18.2 Å². The van der Waals surface area contributed by atoms with E-state index in [-0.39, 0.29) is 5.56 Å². The number of hydrazone groups is 1. The maximum Gasteiger partial charge on any atom is 0.254 e. The average Bonchev–Trinajstić information content (AvgIpc) is 2.66. The molecule has 0 unspecified atom stereocenters. The molecule has 1 aromatic carbocycles. The van der Waals surface area contributed by atoms with Gasteiger partial charge in [0.15, 0.2) is 0 Å². The number of primary amides is 1. The number of hydrogen-bond donors (Lipinski definition) is 6. The SMILES string of the molecule is N=C/C=N\Nc1cccc(Nc2nc(NCCCCN)ncc2C(N)=O)c1. The van der Waals surface area contributed by atoms with Crippen LogP contribution in [0.4, 0.5) is 23.1 Å². The first-order valence-corrected chi connectivity index (χ1v) is 8.40. The number of nitrogens with zero attached hydrogens (tertiary/aromatic N) is 3. The maximum absolute atomic E-state index is 11.7. The van der Waals surface area contributed by atoms with Crippen molar-refractivity contribution < 1.29 is 4.79 Å². The second-order valence-electron chi connectivity index (χ2n) is 5.51. The summed E-state index contributed by atoms with van der Waals surface area (Å²) in [6, 6.07) is 7.21. The van der Waals surface area contributed by atoms with E-state index in [1.165, 1.54) is 12.4 Å². The second-order valence-corrected chi connectivity index (χ2v) is 5.51. The van der Waals surface area contributed by atoms with E-state index in [0.29, 0.717) is 36.2 Å². The summed E-state index contributed by atoms with van der Waals surface area (Å²) in [5.74, 6) is 0.0698. The van der Waals surface area contributed by atoms with Gasteiger partial charge in [0.2, 0.25) is 5.95 Å². The lowest BCUT2D eigenvalue weighted by Gasteiger charge is -2.12. The summed E-state index contributed by atoms with van der Waals surface area (Å²) in [4.78, 5) is 20.1. The van der Waals surface area contributed by atoms with Crippen molar-refractivity contribution in [1.82, 2.24) is 9.97 Å². The van der Waals surface area contributed by atoms with Crippen molar-refractivity contribution in [3.8, 4) is 0 Å². The van der Waals surface area contributed by atoms with Crippen molar-refractivity contribution in [2.24, 2.45) is 16.6 Å². The smallest absolute Gasteiger partial charge is 0.254 e. The minimum atomic E-state index is -0.628. The number of nitrogens with two attached hydrogens (primary N) is 2. The molecule has 0 aliphatic rings. The third-order valence-corrected chi connectivity index (χ3v) is 3.44. The predicted octanol–water partition coefficient (Wildman–Crippen LogP) is 1.52. The van der Waals surface area contributed by atoms with Crippen LogP contribution in [-0.4, -0.2) is 41.4 Å². The first-order valence-electron chi connectivity index (χ1n) is 8.40. The lowest BCUT2D eigenvalue weighted by atomic mass is 10.2. The molecule has 0 saturated heterocycles. The third kappa shape index (κ3) is 6.36. The van der Waals surface area contributed by atoms with Crippen LogP contribution in [0.25, 0.3) is 0 Å². The molecular weight excluding hydrogens is 346 g/mol. The van der Waals surface area contributed by atoms with Gasteiger partial charge in [0.25, 0.3) is 5.91 Å². The molecule has 0 fully saturated rings. The third-order valence-electron chi connectivity index (χ3n) is 3.44. The molecule has 1 amide bonds. The Morgan fingerprint density at radius 2 is 2.11 bits per heavy atom. The van der Waals surface area contributed by atoms with Gasteiger partial charge < -0.3 is 27.5 Å². The maximum atomic E-state index is 11.7. The van der Waals surface area contributed by atoms with Gasteiger partial charge in [0, 0.05) is 24.6 Å². The molecule has 8 N–H and O–H groups in total. The van der Waals surface area contributed by atoms with Crippen LogP contribution in [0.1, 0.15) is 23.2 Å². The molecule has 2 rings (SSSR count). The number of anilines is 4. The lowest BCUT2D eigenvalue weighted by molar-refractivity contribution is 0.100. The van der Waals surface area contributed by atoms with E-state index in [0.717, 1.165) is 19.1 Å². The Balaban J connectivity index is 2.17. The van der Waals surface area contributed by atoms with E-state index < -0.39 is 5.91 Å². The zero-order valence-electron chi connectivity index (χ0n) is 14.8. The van der Waals surface area contributed by atoms with Crippen LogP contribution in [0.3, 0.4) is 0 Å². The van der Waals surface area contributed by atoms with Crippen LogP contribution in [0, 0.1) is 5.41 Å². The Bertz CT molecular complexity index is 807. The van der Waals surface area contributed by atoms with Gasteiger partial charge in [0.1, 0.15) is 11.4 Å². The van der Waals surface area contributed by atoms with Gasteiger partial charge in [-0.05, 0) is 37.6 Å². The summed E-state index contributed by atoms with van der Waals surface area (Å²) in [5.41, 5.74) is 15.3. The van der Waals surface area contributed by atoms with Crippen molar-refractivity contribution >= 4 is 41.5 Å². The van der Waals surface area contributed by atoms with E-state index in [4.69, 9.17) is 16.9 Å². The molecule has 0 bridgehead atoms. The first kappa shape index (κ1) is 19.8. The van der Waals surface area contributed by atoms with Crippen molar-refractivity contribution in [2.45, 2.75) is 12.8 Å². The summed E-state index contributed by atoms with van der Waals surface area (Å²) in [6.45, 7) is 1.31.